The third-order valence-corrected chi connectivity index (χ3v) is 7.57. The number of hydrogen-bond acceptors (Lipinski definition) is 6. The molecule has 0 aliphatic rings. The number of amides is 1. The van der Waals surface area contributed by atoms with Crippen LogP contribution in [0.5, 0.6) is 11.5 Å². The monoisotopic (exact) mass is 559 g/mol. The Labute approximate surface area is 213 Å². The molecule has 3 aromatic rings. The number of benzene rings is 3. The highest BCUT2D eigenvalue weighted by Crippen LogP contribution is 2.30. The molecule has 35 heavy (non-hydrogen) atoms. The zero-order chi connectivity index (χ0) is 25.6. The van der Waals surface area contributed by atoms with E-state index in [0.717, 1.165) is 15.4 Å². The first-order valence-electron chi connectivity index (χ1n) is 10.6. The minimum absolute atomic E-state index is 0.0106. The van der Waals surface area contributed by atoms with Crippen LogP contribution in [0.15, 0.2) is 81.2 Å². The van der Waals surface area contributed by atoms with Crippen molar-refractivity contribution in [3.8, 4) is 11.5 Å². The molecule has 0 aromatic heterocycles. The molecular weight excluding hydrogens is 534 g/mol. The van der Waals surface area contributed by atoms with E-state index in [9.17, 15) is 13.2 Å². The number of ether oxygens (including phenoxy) is 2. The fourth-order valence-corrected chi connectivity index (χ4v) is 5.31. The van der Waals surface area contributed by atoms with E-state index in [4.69, 9.17) is 9.47 Å². The fourth-order valence-electron chi connectivity index (χ4n) is 3.17. The van der Waals surface area contributed by atoms with Crippen LogP contribution in [0.3, 0.4) is 0 Å². The highest BCUT2D eigenvalue weighted by atomic mass is 79.9. The van der Waals surface area contributed by atoms with Crippen molar-refractivity contribution in [2.75, 3.05) is 25.1 Å². The lowest BCUT2D eigenvalue weighted by Crippen LogP contribution is -2.39. The molecule has 0 atom stereocenters. The summed E-state index contributed by atoms with van der Waals surface area (Å²) >= 11 is 3.32. The molecule has 0 spiro atoms. The van der Waals surface area contributed by atoms with E-state index >= 15 is 0 Å². The van der Waals surface area contributed by atoms with Crippen molar-refractivity contribution in [3.05, 3.63) is 82.3 Å². The Morgan fingerprint density at radius 1 is 1.00 bits per heavy atom. The summed E-state index contributed by atoms with van der Waals surface area (Å²) in [6.45, 7) is 3.17. The number of halogens is 1. The second-order valence-electron chi connectivity index (χ2n) is 7.60. The Hall–Kier alpha value is -3.37. The maximum Gasteiger partial charge on any atom is 0.264 e. The molecule has 0 aliphatic carbocycles. The number of nitrogens with zero attached hydrogens (tertiary/aromatic N) is 2. The number of sulfonamides is 1. The Kier molecular flexibility index (Phi) is 8.52. The molecule has 0 bridgehead atoms. The van der Waals surface area contributed by atoms with Crippen molar-refractivity contribution >= 4 is 43.3 Å². The summed E-state index contributed by atoms with van der Waals surface area (Å²) in [6.07, 6.45) is 0. The first-order valence-corrected chi connectivity index (χ1v) is 12.8. The summed E-state index contributed by atoms with van der Waals surface area (Å²) in [5.74, 6) is 0.608. The van der Waals surface area contributed by atoms with Gasteiger partial charge in [0, 0.05) is 0 Å². The summed E-state index contributed by atoms with van der Waals surface area (Å²) in [4.78, 5) is 12.8. The van der Waals surface area contributed by atoms with Gasteiger partial charge in [-0.05, 0) is 89.9 Å². The first kappa shape index (κ1) is 26.2. The Balaban J connectivity index is 1.87. The van der Waals surface area contributed by atoms with Gasteiger partial charge in [0.1, 0.15) is 18.0 Å². The number of carbonyl (C=O) groups excluding carboxylic acids is 1. The SMILES string of the molecule is COc1ccc(/C(C)=N\NC(=O)CN(c2ccc(C)cc2)S(=O)(=O)c2ccc(OC)c(Br)c2)cc1. The van der Waals surface area contributed by atoms with Gasteiger partial charge in [-0.15, -0.1) is 0 Å². The number of hydrazone groups is 1. The molecule has 3 aromatic carbocycles. The quantitative estimate of drug-likeness (QED) is 0.307. The molecule has 10 heteroatoms. The van der Waals surface area contributed by atoms with Crippen LogP contribution >= 0.6 is 15.9 Å². The van der Waals surface area contributed by atoms with Crippen LogP contribution in [-0.2, 0) is 14.8 Å². The van der Waals surface area contributed by atoms with Gasteiger partial charge in [-0.1, -0.05) is 17.7 Å². The minimum atomic E-state index is -4.08. The predicted molar refractivity (Wildman–Crippen MR) is 140 cm³/mol. The Morgan fingerprint density at radius 3 is 2.23 bits per heavy atom. The fraction of sp³-hybridized carbons (Fsp3) is 0.200. The van der Waals surface area contributed by atoms with E-state index in [2.05, 4.69) is 26.5 Å². The van der Waals surface area contributed by atoms with E-state index in [0.29, 0.717) is 27.4 Å². The van der Waals surface area contributed by atoms with Gasteiger partial charge < -0.3 is 9.47 Å². The average Bonchev–Trinajstić information content (AvgIpc) is 2.86. The molecule has 0 radical (unpaired) electrons. The lowest BCUT2D eigenvalue weighted by molar-refractivity contribution is -0.119. The number of hydrogen-bond donors (Lipinski definition) is 1. The van der Waals surface area contributed by atoms with Gasteiger partial charge in [-0.25, -0.2) is 13.8 Å². The number of methoxy groups -OCH3 is 2. The minimum Gasteiger partial charge on any atom is -0.497 e. The zero-order valence-electron chi connectivity index (χ0n) is 19.8. The van der Waals surface area contributed by atoms with Gasteiger partial charge in [0.05, 0.1) is 35.0 Å². The largest absolute Gasteiger partial charge is 0.497 e. The number of nitrogens with one attached hydrogen (secondary N) is 1. The molecule has 0 heterocycles. The topological polar surface area (TPSA) is 97.3 Å². The molecule has 1 amide bonds. The summed E-state index contributed by atoms with van der Waals surface area (Å²) in [5, 5.41) is 4.13. The van der Waals surface area contributed by atoms with Crippen molar-refractivity contribution < 1.29 is 22.7 Å². The van der Waals surface area contributed by atoms with Crippen molar-refractivity contribution in [2.45, 2.75) is 18.7 Å². The molecule has 0 unspecified atom stereocenters. The summed E-state index contributed by atoms with van der Waals surface area (Å²) in [7, 11) is -1.01. The van der Waals surface area contributed by atoms with Gasteiger partial charge in [0.25, 0.3) is 15.9 Å². The van der Waals surface area contributed by atoms with Crippen molar-refractivity contribution in [2.24, 2.45) is 5.10 Å². The highest BCUT2D eigenvalue weighted by molar-refractivity contribution is 9.10. The summed E-state index contributed by atoms with van der Waals surface area (Å²) < 4.78 is 39.0. The van der Waals surface area contributed by atoms with E-state index in [1.165, 1.54) is 19.2 Å². The van der Waals surface area contributed by atoms with Crippen LogP contribution in [0.1, 0.15) is 18.1 Å². The van der Waals surface area contributed by atoms with Gasteiger partial charge in [0.15, 0.2) is 0 Å². The summed E-state index contributed by atoms with van der Waals surface area (Å²) in [5.41, 5.74) is 5.12. The van der Waals surface area contributed by atoms with Crippen molar-refractivity contribution in [1.82, 2.24) is 5.43 Å². The van der Waals surface area contributed by atoms with Gasteiger partial charge in [0.2, 0.25) is 0 Å². The Bertz CT molecular complexity index is 1320. The zero-order valence-corrected chi connectivity index (χ0v) is 22.2. The maximum absolute atomic E-state index is 13.6. The first-order chi connectivity index (χ1) is 16.6. The molecule has 1 N–H and O–H groups in total. The maximum atomic E-state index is 13.6. The average molecular weight is 560 g/mol. The number of rotatable bonds is 9. The highest BCUT2D eigenvalue weighted by Gasteiger charge is 2.28. The molecule has 3 rings (SSSR count). The number of aryl methyl sites for hydroxylation is 1. The van der Waals surface area contributed by atoms with E-state index in [1.54, 1.807) is 56.5 Å². The molecule has 0 saturated heterocycles. The molecule has 0 aliphatic heterocycles. The Morgan fingerprint density at radius 2 is 1.66 bits per heavy atom. The van der Waals surface area contributed by atoms with E-state index in [-0.39, 0.29) is 4.90 Å². The summed E-state index contributed by atoms with van der Waals surface area (Å²) in [6, 6.07) is 18.5. The normalized spacial score (nSPS) is 11.6. The van der Waals surface area contributed by atoms with Crippen LogP contribution in [0, 0.1) is 6.92 Å². The van der Waals surface area contributed by atoms with E-state index < -0.39 is 22.5 Å². The number of carbonyl (C=O) groups is 1. The van der Waals surface area contributed by atoms with E-state index in [1.807, 2.05) is 19.1 Å². The van der Waals surface area contributed by atoms with Crippen LogP contribution in [-0.4, -0.2) is 40.8 Å². The van der Waals surface area contributed by atoms with Crippen molar-refractivity contribution in [3.63, 3.8) is 0 Å². The molecule has 184 valence electrons. The lowest BCUT2D eigenvalue weighted by Gasteiger charge is -2.24. The second kappa shape index (κ2) is 11.4. The number of anilines is 1. The molecule has 8 nitrogen and oxygen atoms in total. The van der Waals surface area contributed by atoms with Crippen LogP contribution in [0.4, 0.5) is 5.69 Å². The molecule has 0 saturated carbocycles. The van der Waals surface area contributed by atoms with Gasteiger partial charge in [-0.3, -0.25) is 9.10 Å². The van der Waals surface area contributed by atoms with Crippen LogP contribution < -0.4 is 19.2 Å². The lowest BCUT2D eigenvalue weighted by atomic mass is 10.1. The third-order valence-electron chi connectivity index (χ3n) is 5.18. The second-order valence-corrected chi connectivity index (χ2v) is 10.3. The molecule has 0 fully saturated rings. The van der Waals surface area contributed by atoms with Crippen molar-refractivity contribution in [1.29, 1.82) is 0 Å². The van der Waals surface area contributed by atoms with Gasteiger partial charge in [-0.2, -0.15) is 5.10 Å². The predicted octanol–water partition coefficient (Wildman–Crippen LogP) is 4.51. The molecular formula is C25H26BrN3O5S. The van der Waals surface area contributed by atoms with Crippen LogP contribution in [0.2, 0.25) is 0 Å². The third kappa shape index (κ3) is 6.40. The standard InChI is InChI=1S/C25H26BrN3O5S/c1-17-5-9-20(10-6-17)29(35(31,32)22-13-14-24(34-4)23(26)15-22)16-25(30)28-27-18(2)19-7-11-21(33-3)12-8-19/h5-15H,16H2,1-4H3,(H,28,30)/b27-18-. The smallest absolute Gasteiger partial charge is 0.264 e. The van der Waals surface area contributed by atoms with Gasteiger partial charge >= 0.3 is 0 Å². The van der Waals surface area contributed by atoms with Crippen LogP contribution in [0.25, 0.3) is 0 Å².